The topological polar surface area (TPSA) is 54.7 Å². The molecule has 0 radical (unpaired) electrons. The quantitative estimate of drug-likeness (QED) is 0.689. The van der Waals surface area contributed by atoms with Gasteiger partial charge in [-0.15, -0.1) is 0 Å². The van der Waals surface area contributed by atoms with E-state index in [9.17, 15) is 9.18 Å². The van der Waals surface area contributed by atoms with Crippen molar-refractivity contribution in [3.8, 4) is 5.75 Å². The summed E-state index contributed by atoms with van der Waals surface area (Å²) in [6.45, 7) is 5.13. The molecular weight excluding hydrogens is 347 g/mol. The van der Waals surface area contributed by atoms with E-state index >= 15 is 0 Å². The third kappa shape index (κ3) is 4.39. The van der Waals surface area contributed by atoms with E-state index in [1.165, 1.54) is 12.1 Å². The monoisotopic (exact) mass is 370 g/mol. The zero-order valence-electron chi connectivity index (χ0n) is 15.7. The minimum absolute atomic E-state index is 0.213. The highest BCUT2D eigenvalue weighted by Crippen LogP contribution is 2.25. The first-order valence-corrected chi connectivity index (χ1v) is 8.86. The molecule has 3 aromatic rings. The van der Waals surface area contributed by atoms with E-state index in [0.29, 0.717) is 24.5 Å². The number of ether oxygens (including phenoxy) is 1. The number of nitrogens with zero attached hydrogens (tertiary/aromatic N) is 1. The highest BCUT2D eigenvalue weighted by molar-refractivity contribution is 5.82. The number of rotatable bonds is 6. The maximum atomic E-state index is 13.4. The van der Waals surface area contributed by atoms with Gasteiger partial charge in [-0.3, -0.25) is 0 Å². The van der Waals surface area contributed by atoms with Gasteiger partial charge in [0.15, 0.2) is 0 Å². The molecule has 0 bridgehead atoms. The molecule has 2 amide bonds. The van der Waals surface area contributed by atoms with Gasteiger partial charge < -0.3 is 19.4 Å². The molecule has 1 N–H and O–H groups in total. The smallest absolute Gasteiger partial charge is 0.317 e. The molecule has 27 heavy (non-hydrogen) atoms. The lowest BCUT2D eigenvalue weighted by atomic mass is 10.1. The molecule has 1 heterocycles. The molecule has 0 fully saturated rings. The summed E-state index contributed by atoms with van der Waals surface area (Å²) >= 11 is 0. The lowest BCUT2D eigenvalue weighted by Gasteiger charge is -2.18. The number of carbonyl (C=O) groups excluding carboxylic acids is 1. The van der Waals surface area contributed by atoms with Crippen LogP contribution in [0.4, 0.5) is 9.18 Å². The minimum atomic E-state index is -0.308. The van der Waals surface area contributed by atoms with Crippen molar-refractivity contribution in [3.63, 3.8) is 0 Å². The minimum Gasteiger partial charge on any atom is -0.494 e. The highest BCUT2D eigenvalue weighted by Gasteiger charge is 2.14. The van der Waals surface area contributed by atoms with Crippen LogP contribution in [-0.4, -0.2) is 24.6 Å². The van der Waals surface area contributed by atoms with Gasteiger partial charge in [-0.05, 0) is 49.7 Å². The molecule has 3 rings (SSSR count). The molecule has 0 saturated carbocycles. The van der Waals surface area contributed by atoms with Crippen molar-refractivity contribution in [2.24, 2.45) is 0 Å². The molecule has 0 saturated heterocycles. The van der Waals surface area contributed by atoms with Crippen LogP contribution in [0.2, 0.25) is 0 Å². The van der Waals surface area contributed by atoms with Crippen LogP contribution < -0.4 is 10.1 Å². The Morgan fingerprint density at radius 1 is 1.22 bits per heavy atom. The second-order valence-electron chi connectivity index (χ2n) is 6.38. The molecule has 0 unspecified atom stereocenters. The summed E-state index contributed by atoms with van der Waals surface area (Å²) in [5, 5.41) is 3.57. The molecular formula is C21H23FN2O3. The van der Waals surface area contributed by atoms with Crippen LogP contribution in [-0.2, 0) is 13.1 Å². The van der Waals surface area contributed by atoms with Gasteiger partial charge in [0, 0.05) is 24.5 Å². The van der Waals surface area contributed by atoms with Crippen LogP contribution in [0.15, 0.2) is 46.9 Å². The van der Waals surface area contributed by atoms with E-state index < -0.39 is 0 Å². The van der Waals surface area contributed by atoms with E-state index in [-0.39, 0.29) is 18.4 Å². The molecule has 0 spiro atoms. The number of benzene rings is 2. The summed E-state index contributed by atoms with van der Waals surface area (Å²) in [5.74, 6) is 1.13. The lowest BCUT2D eigenvalue weighted by Crippen LogP contribution is -2.36. The van der Waals surface area contributed by atoms with E-state index in [1.807, 2.05) is 38.1 Å². The van der Waals surface area contributed by atoms with Gasteiger partial charge in [0.05, 0.1) is 13.2 Å². The number of hydrogen-bond acceptors (Lipinski definition) is 3. The Labute approximate surface area is 157 Å². The maximum absolute atomic E-state index is 13.4. The SMILES string of the molecule is CCOc1ccc(CN(C)C(=O)NCc2oc3ccc(F)cc3c2C)cc1. The average molecular weight is 370 g/mol. The van der Waals surface area contributed by atoms with Gasteiger partial charge in [0.1, 0.15) is 22.9 Å². The van der Waals surface area contributed by atoms with E-state index in [4.69, 9.17) is 9.15 Å². The van der Waals surface area contributed by atoms with Gasteiger partial charge in [-0.25, -0.2) is 9.18 Å². The number of nitrogens with one attached hydrogen (secondary N) is 1. The number of furan rings is 1. The van der Waals surface area contributed by atoms with Crippen molar-refractivity contribution in [3.05, 3.63) is 65.2 Å². The number of aryl methyl sites for hydroxylation is 1. The van der Waals surface area contributed by atoms with E-state index in [1.54, 1.807) is 18.0 Å². The van der Waals surface area contributed by atoms with Crippen molar-refractivity contribution >= 4 is 17.0 Å². The van der Waals surface area contributed by atoms with Gasteiger partial charge in [0.2, 0.25) is 0 Å². The summed E-state index contributed by atoms with van der Waals surface area (Å²) in [5.41, 5.74) is 2.45. The first-order valence-electron chi connectivity index (χ1n) is 8.86. The predicted molar refractivity (Wildman–Crippen MR) is 102 cm³/mol. The van der Waals surface area contributed by atoms with E-state index in [2.05, 4.69) is 5.32 Å². The van der Waals surface area contributed by atoms with Gasteiger partial charge in [-0.2, -0.15) is 0 Å². The van der Waals surface area contributed by atoms with Crippen LogP contribution in [0.25, 0.3) is 11.0 Å². The Balaban J connectivity index is 1.59. The lowest BCUT2D eigenvalue weighted by molar-refractivity contribution is 0.205. The Morgan fingerprint density at radius 2 is 1.96 bits per heavy atom. The van der Waals surface area contributed by atoms with E-state index in [0.717, 1.165) is 22.3 Å². The summed E-state index contributed by atoms with van der Waals surface area (Å²) in [6, 6.07) is 11.8. The van der Waals surface area contributed by atoms with Crippen LogP contribution in [0.1, 0.15) is 23.8 Å². The fourth-order valence-corrected chi connectivity index (χ4v) is 2.91. The Kier molecular flexibility index (Phi) is 5.64. The van der Waals surface area contributed by atoms with Crippen molar-refractivity contribution < 1.29 is 18.3 Å². The number of amides is 2. The van der Waals surface area contributed by atoms with Crippen LogP contribution in [0.3, 0.4) is 0 Å². The van der Waals surface area contributed by atoms with Gasteiger partial charge in [0.25, 0.3) is 0 Å². The predicted octanol–water partition coefficient (Wildman–Crippen LogP) is 4.62. The summed E-state index contributed by atoms with van der Waals surface area (Å²) in [4.78, 5) is 13.9. The Bertz CT molecular complexity index is 934. The number of urea groups is 1. The molecule has 0 aliphatic carbocycles. The summed E-state index contributed by atoms with van der Waals surface area (Å²) in [7, 11) is 1.73. The van der Waals surface area contributed by atoms with Crippen molar-refractivity contribution in [1.29, 1.82) is 0 Å². The Hall–Kier alpha value is -3.02. The second-order valence-corrected chi connectivity index (χ2v) is 6.38. The molecule has 0 aliphatic rings. The zero-order chi connectivity index (χ0) is 19.4. The van der Waals surface area contributed by atoms with Crippen LogP contribution in [0, 0.1) is 12.7 Å². The highest BCUT2D eigenvalue weighted by atomic mass is 19.1. The number of halogens is 1. The first-order chi connectivity index (χ1) is 13.0. The van der Waals surface area contributed by atoms with Crippen LogP contribution in [0.5, 0.6) is 5.75 Å². The molecule has 0 atom stereocenters. The molecule has 142 valence electrons. The van der Waals surface area contributed by atoms with Crippen molar-refractivity contribution in [1.82, 2.24) is 10.2 Å². The van der Waals surface area contributed by atoms with Crippen molar-refractivity contribution in [2.75, 3.05) is 13.7 Å². The van der Waals surface area contributed by atoms with Gasteiger partial charge in [-0.1, -0.05) is 12.1 Å². The molecule has 0 aliphatic heterocycles. The molecule has 5 nitrogen and oxygen atoms in total. The average Bonchev–Trinajstić information content (AvgIpc) is 2.97. The second kappa shape index (κ2) is 8.12. The number of carbonyl (C=O) groups is 1. The fourth-order valence-electron chi connectivity index (χ4n) is 2.91. The first kappa shape index (κ1) is 18.8. The largest absolute Gasteiger partial charge is 0.494 e. The zero-order valence-corrected chi connectivity index (χ0v) is 15.7. The molecule has 1 aromatic heterocycles. The normalized spacial score (nSPS) is 10.8. The third-order valence-electron chi connectivity index (χ3n) is 4.40. The molecule has 6 heteroatoms. The summed E-state index contributed by atoms with van der Waals surface area (Å²) in [6.07, 6.45) is 0. The number of fused-ring (bicyclic) bond motifs is 1. The maximum Gasteiger partial charge on any atom is 0.317 e. The third-order valence-corrected chi connectivity index (χ3v) is 4.40. The Morgan fingerprint density at radius 3 is 2.67 bits per heavy atom. The summed E-state index contributed by atoms with van der Waals surface area (Å²) < 4.78 is 24.5. The molecule has 2 aromatic carbocycles. The van der Waals surface area contributed by atoms with Gasteiger partial charge >= 0.3 is 6.03 Å². The number of hydrogen-bond donors (Lipinski definition) is 1. The standard InChI is InChI=1S/C21H23FN2O3/c1-4-26-17-8-5-15(6-9-17)13-24(3)21(25)23-12-20-14(2)18-11-16(22)7-10-19(18)27-20/h5-11H,4,12-13H2,1-3H3,(H,23,25). The van der Waals surface area contributed by atoms with Crippen molar-refractivity contribution in [2.45, 2.75) is 26.9 Å². The fraction of sp³-hybridized carbons (Fsp3) is 0.286. The van der Waals surface area contributed by atoms with Crippen LogP contribution >= 0.6 is 0 Å².